The molecule has 2 aliphatic heterocycles. The number of hydroxylamine groups is 2. The third kappa shape index (κ3) is 4.08. The van der Waals surface area contributed by atoms with Crippen LogP contribution >= 0.6 is 0 Å². The molecule has 2 saturated heterocycles. The summed E-state index contributed by atoms with van der Waals surface area (Å²) in [6.45, 7) is 7.18. The van der Waals surface area contributed by atoms with Crippen LogP contribution in [0.3, 0.4) is 0 Å². The maximum Gasteiger partial charge on any atom is 0.311 e. The van der Waals surface area contributed by atoms with Crippen molar-refractivity contribution in [3.8, 4) is 0 Å². The van der Waals surface area contributed by atoms with Gasteiger partial charge in [0.15, 0.2) is 0 Å². The van der Waals surface area contributed by atoms with Crippen molar-refractivity contribution in [2.24, 2.45) is 5.92 Å². The van der Waals surface area contributed by atoms with Crippen LogP contribution in [0.2, 0.25) is 0 Å². The molecule has 0 aromatic heterocycles. The van der Waals surface area contributed by atoms with Gasteiger partial charge in [-0.15, -0.1) is 0 Å². The highest BCUT2D eigenvalue weighted by atomic mass is 16.7. The summed E-state index contributed by atoms with van der Waals surface area (Å²) in [6, 6.07) is 8.75. The fourth-order valence-corrected chi connectivity index (χ4v) is 4.45. The Morgan fingerprint density at radius 2 is 1.79 bits per heavy atom. The minimum Gasteiger partial charge on any atom is -0.469 e. The number of ether oxygens (including phenoxy) is 1. The lowest BCUT2D eigenvalue weighted by atomic mass is 9.77. The molecule has 1 amide bonds. The molecule has 0 aliphatic carbocycles. The van der Waals surface area contributed by atoms with Crippen molar-refractivity contribution in [2.75, 3.05) is 26.8 Å². The van der Waals surface area contributed by atoms with Gasteiger partial charge in [-0.3, -0.25) is 19.3 Å². The van der Waals surface area contributed by atoms with Crippen LogP contribution in [0.1, 0.15) is 50.7 Å². The van der Waals surface area contributed by atoms with Crippen LogP contribution in [0.4, 0.5) is 0 Å². The van der Waals surface area contributed by atoms with Gasteiger partial charge in [-0.1, -0.05) is 38.1 Å². The molecule has 2 aliphatic rings. The van der Waals surface area contributed by atoms with E-state index in [0.29, 0.717) is 6.61 Å². The number of aryl methyl sites for hydroxylation is 1. The molecule has 28 heavy (non-hydrogen) atoms. The fraction of sp³-hybridized carbons (Fsp3) is 0.636. The minimum absolute atomic E-state index is 0.104. The molecule has 3 rings (SSSR count). The second kappa shape index (κ2) is 9.05. The first kappa shape index (κ1) is 20.8. The van der Waals surface area contributed by atoms with E-state index in [1.54, 1.807) is 0 Å². The summed E-state index contributed by atoms with van der Waals surface area (Å²) in [5.74, 6) is -0.861. The number of benzene rings is 1. The molecule has 1 aromatic rings. The lowest BCUT2D eigenvalue weighted by Gasteiger charge is -2.45. The zero-order valence-corrected chi connectivity index (χ0v) is 17.3. The first-order valence-electron chi connectivity index (χ1n) is 10.4. The SMILES string of the molecule is CCCON1C(=O)CC(C(=O)OC)C12CCN(Cc1ccc(CC)cc1)CC2. The Kier molecular flexibility index (Phi) is 6.73. The van der Waals surface area contributed by atoms with Gasteiger partial charge in [0.05, 0.1) is 25.2 Å². The third-order valence-electron chi connectivity index (χ3n) is 6.13. The van der Waals surface area contributed by atoms with E-state index >= 15 is 0 Å². The van der Waals surface area contributed by atoms with Gasteiger partial charge in [-0.2, -0.15) is 0 Å². The molecule has 6 heteroatoms. The van der Waals surface area contributed by atoms with Crippen molar-refractivity contribution in [2.45, 2.75) is 58.0 Å². The Morgan fingerprint density at radius 3 is 2.36 bits per heavy atom. The monoisotopic (exact) mass is 388 g/mol. The van der Waals surface area contributed by atoms with E-state index in [0.717, 1.165) is 45.3 Å². The van der Waals surface area contributed by atoms with Gasteiger partial charge >= 0.3 is 5.97 Å². The highest BCUT2D eigenvalue weighted by Crippen LogP contribution is 2.44. The molecule has 0 saturated carbocycles. The van der Waals surface area contributed by atoms with Gasteiger partial charge in [0.2, 0.25) is 5.91 Å². The van der Waals surface area contributed by atoms with Gasteiger partial charge in [0, 0.05) is 26.1 Å². The van der Waals surface area contributed by atoms with Crippen LogP contribution < -0.4 is 0 Å². The molecule has 1 spiro atoms. The van der Waals surface area contributed by atoms with E-state index in [1.165, 1.54) is 23.3 Å². The van der Waals surface area contributed by atoms with Gasteiger partial charge < -0.3 is 4.74 Å². The van der Waals surface area contributed by atoms with E-state index < -0.39 is 11.5 Å². The number of carbonyl (C=O) groups excluding carboxylic acids is 2. The van der Waals surface area contributed by atoms with Gasteiger partial charge in [-0.05, 0) is 36.8 Å². The normalized spacial score (nSPS) is 22.0. The Bertz CT molecular complexity index is 680. The number of hydrogen-bond acceptors (Lipinski definition) is 5. The van der Waals surface area contributed by atoms with Gasteiger partial charge in [0.1, 0.15) is 0 Å². The average molecular weight is 389 g/mol. The summed E-state index contributed by atoms with van der Waals surface area (Å²) in [7, 11) is 1.39. The minimum atomic E-state index is -0.581. The van der Waals surface area contributed by atoms with Crippen molar-refractivity contribution >= 4 is 11.9 Å². The summed E-state index contributed by atoms with van der Waals surface area (Å²) >= 11 is 0. The van der Waals surface area contributed by atoms with Crippen LogP contribution in [0, 0.1) is 5.92 Å². The van der Waals surface area contributed by atoms with E-state index in [2.05, 4.69) is 36.1 Å². The zero-order valence-electron chi connectivity index (χ0n) is 17.3. The molecule has 6 nitrogen and oxygen atoms in total. The number of rotatable bonds is 7. The first-order chi connectivity index (χ1) is 13.5. The van der Waals surface area contributed by atoms with Crippen LogP contribution in [-0.2, 0) is 32.1 Å². The molecular formula is C22H32N2O4. The summed E-state index contributed by atoms with van der Waals surface area (Å²) < 4.78 is 5.02. The second-order valence-electron chi connectivity index (χ2n) is 7.85. The smallest absolute Gasteiger partial charge is 0.311 e. The molecule has 1 atom stereocenters. The quantitative estimate of drug-likeness (QED) is 0.672. The standard InChI is InChI=1S/C22H32N2O4/c1-4-14-28-24-20(25)15-19(21(26)27-3)22(24)10-12-23(13-11-22)16-18-8-6-17(5-2)7-9-18/h6-9,19H,4-5,10-16H2,1-3H3. The van der Waals surface area contributed by atoms with Crippen LogP contribution in [-0.4, -0.2) is 54.2 Å². The highest BCUT2D eigenvalue weighted by Gasteiger charge is 2.58. The van der Waals surface area contributed by atoms with Gasteiger partial charge in [0.25, 0.3) is 0 Å². The first-order valence-corrected chi connectivity index (χ1v) is 10.4. The van der Waals surface area contributed by atoms with Crippen molar-refractivity contribution in [1.82, 2.24) is 9.96 Å². The van der Waals surface area contributed by atoms with Crippen molar-refractivity contribution in [1.29, 1.82) is 0 Å². The average Bonchev–Trinajstić information content (AvgIpc) is 2.99. The second-order valence-corrected chi connectivity index (χ2v) is 7.85. The van der Waals surface area contributed by atoms with E-state index in [9.17, 15) is 9.59 Å². The molecule has 1 unspecified atom stereocenters. The fourth-order valence-electron chi connectivity index (χ4n) is 4.45. The number of amides is 1. The van der Waals surface area contributed by atoms with Crippen LogP contribution in [0.5, 0.6) is 0 Å². The highest BCUT2D eigenvalue weighted by molar-refractivity contribution is 5.88. The number of esters is 1. The Balaban J connectivity index is 1.71. The summed E-state index contributed by atoms with van der Waals surface area (Å²) in [4.78, 5) is 33.2. The molecule has 0 N–H and O–H groups in total. The molecule has 0 bridgehead atoms. The molecule has 154 valence electrons. The number of methoxy groups -OCH3 is 1. The van der Waals surface area contributed by atoms with Crippen molar-refractivity contribution in [3.63, 3.8) is 0 Å². The van der Waals surface area contributed by atoms with E-state index in [1.807, 2.05) is 6.92 Å². The van der Waals surface area contributed by atoms with E-state index in [-0.39, 0.29) is 18.3 Å². The lowest BCUT2D eigenvalue weighted by molar-refractivity contribution is -0.223. The maximum absolute atomic E-state index is 12.6. The topological polar surface area (TPSA) is 59.1 Å². The molecule has 0 radical (unpaired) electrons. The zero-order chi connectivity index (χ0) is 20.1. The number of nitrogens with zero attached hydrogens (tertiary/aromatic N) is 2. The molecular weight excluding hydrogens is 356 g/mol. The predicted molar refractivity (Wildman–Crippen MR) is 106 cm³/mol. The van der Waals surface area contributed by atoms with E-state index in [4.69, 9.17) is 9.57 Å². The van der Waals surface area contributed by atoms with Crippen LogP contribution in [0.15, 0.2) is 24.3 Å². The molecule has 2 fully saturated rings. The largest absolute Gasteiger partial charge is 0.469 e. The summed E-state index contributed by atoms with van der Waals surface area (Å²) in [5.41, 5.74) is 2.05. The number of likely N-dealkylation sites (tertiary alicyclic amines) is 1. The van der Waals surface area contributed by atoms with Crippen LogP contribution in [0.25, 0.3) is 0 Å². The Hall–Kier alpha value is -1.92. The summed E-state index contributed by atoms with van der Waals surface area (Å²) in [5, 5.41) is 1.52. The molecule has 1 aromatic carbocycles. The Labute approximate surface area is 167 Å². The van der Waals surface area contributed by atoms with Crippen molar-refractivity contribution in [3.05, 3.63) is 35.4 Å². The van der Waals surface area contributed by atoms with Crippen molar-refractivity contribution < 1.29 is 19.2 Å². The lowest BCUT2D eigenvalue weighted by Crippen LogP contribution is -2.57. The maximum atomic E-state index is 12.6. The predicted octanol–water partition coefficient (Wildman–Crippen LogP) is 2.95. The number of carbonyl (C=O) groups is 2. The summed E-state index contributed by atoms with van der Waals surface area (Å²) in [6.07, 6.45) is 3.48. The third-order valence-corrected chi connectivity index (χ3v) is 6.13. The van der Waals surface area contributed by atoms with Gasteiger partial charge in [-0.25, -0.2) is 5.06 Å². The molecule has 2 heterocycles. The Morgan fingerprint density at radius 1 is 1.14 bits per heavy atom. The number of piperidine rings is 1. The number of hydrogen-bond donors (Lipinski definition) is 0.